The lowest BCUT2D eigenvalue weighted by Crippen LogP contribution is -2.46. The SMILES string of the molecule is C=CCN(CC(=O)N(CCc1ccc(OC)c(OC)c1)Cc1cccs1)C(=O)C(C)(C)C. The van der Waals surface area contributed by atoms with Crippen molar-refractivity contribution in [3.05, 3.63) is 58.8 Å². The number of amides is 2. The lowest BCUT2D eigenvalue weighted by molar-refractivity contribution is -0.145. The van der Waals surface area contributed by atoms with E-state index in [2.05, 4.69) is 6.58 Å². The van der Waals surface area contributed by atoms with Crippen LogP contribution in [-0.2, 0) is 22.6 Å². The number of hydrogen-bond acceptors (Lipinski definition) is 5. The number of nitrogens with zero attached hydrogens (tertiary/aromatic N) is 2. The molecule has 7 heteroatoms. The molecule has 2 amide bonds. The average Bonchev–Trinajstić information content (AvgIpc) is 3.28. The quantitative estimate of drug-likeness (QED) is 0.469. The van der Waals surface area contributed by atoms with Crippen LogP contribution in [0.4, 0.5) is 0 Å². The Labute approximate surface area is 195 Å². The number of methoxy groups -OCH3 is 2. The molecule has 0 N–H and O–H groups in total. The summed E-state index contributed by atoms with van der Waals surface area (Å²) in [6.45, 7) is 10.7. The predicted molar refractivity (Wildman–Crippen MR) is 129 cm³/mol. The zero-order valence-corrected chi connectivity index (χ0v) is 20.5. The van der Waals surface area contributed by atoms with Crippen LogP contribution >= 0.6 is 11.3 Å². The molecule has 1 aromatic heterocycles. The first-order valence-electron chi connectivity index (χ1n) is 10.6. The van der Waals surface area contributed by atoms with Gasteiger partial charge in [0.25, 0.3) is 0 Å². The number of carbonyl (C=O) groups is 2. The van der Waals surface area contributed by atoms with Gasteiger partial charge in [-0.25, -0.2) is 0 Å². The van der Waals surface area contributed by atoms with Crippen LogP contribution in [-0.4, -0.2) is 55.5 Å². The van der Waals surface area contributed by atoms with Crippen molar-refractivity contribution in [2.75, 3.05) is 33.9 Å². The summed E-state index contributed by atoms with van der Waals surface area (Å²) >= 11 is 1.61. The fourth-order valence-corrected chi connectivity index (χ4v) is 4.01. The van der Waals surface area contributed by atoms with Crippen molar-refractivity contribution in [3.63, 3.8) is 0 Å². The van der Waals surface area contributed by atoms with Gasteiger partial charge < -0.3 is 19.3 Å². The Bertz CT molecular complexity index is 903. The Morgan fingerprint density at radius 2 is 1.81 bits per heavy atom. The molecule has 2 rings (SSSR count). The van der Waals surface area contributed by atoms with E-state index in [0.717, 1.165) is 10.4 Å². The van der Waals surface area contributed by atoms with Crippen molar-refractivity contribution in [1.29, 1.82) is 0 Å². The Morgan fingerprint density at radius 1 is 1.09 bits per heavy atom. The molecule has 0 atom stereocenters. The van der Waals surface area contributed by atoms with E-state index in [0.29, 0.717) is 37.6 Å². The lowest BCUT2D eigenvalue weighted by atomic mass is 9.94. The minimum absolute atomic E-state index is 0.0272. The van der Waals surface area contributed by atoms with E-state index in [-0.39, 0.29) is 18.4 Å². The summed E-state index contributed by atoms with van der Waals surface area (Å²) in [5.74, 6) is 1.18. The van der Waals surface area contributed by atoms with Gasteiger partial charge in [-0.2, -0.15) is 0 Å². The summed E-state index contributed by atoms with van der Waals surface area (Å²) in [4.78, 5) is 30.6. The van der Waals surface area contributed by atoms with Crippen molar-refractivity contribution < 1.29 is 19.1 Å². The number of hydrogen-bond donors (Lipinski definition) is 0. The van der Waals surface area contributed by atoms with E-state index in [1.807, 2.05) is 61.4 Å². The van der Waals surface area contributed by atoms with E-state index < -0.39 is 5.41 Å². The van der Waals surface area contributed by atoms with Crippen LogP contribution in [0, 0.1) is 5.41 Å². The average molecular weight is 459 g/mol. The molecule has 174 valence electrons. The van der Waals surface area contributed by atoms with Gasteiger partial charge in [0.1, 0.15) is 6.54 Å². The third kappa shape index (κ3) is 7.12. The van der Waals surface area contributed by atoms with Crippen LogP contribution in [0.15, 0.2) is 48.4 Å². The van der Waals surface area contributed by atoms with Gasteiger partial charge in [0.15, 0.2) is 11.5 Å². The van der Waals surface area contributed by atoms with Crippen molar-refractivity contribution in [1.82, 2.24) is 9.80 Å². The maximum atomic E-state index is 13.3. The number of thiophene rings is 1. The molecule has 0 fully saturated rings. The van der Waals surface area contributed by atoms with E-state index in [1.54, 1.807) is 36.5 Å². The normalized spacial score (nSPS) is 11.0. The highest BCUT2D eigenvalue weighted by Crippen LogP contribution is 2.28. The molecular formula is C25H34N2O4S. The molecule has 2 aromatic rings. The first kappa shape index (κ1) is 25.5. The molecule has 0 radical (unpaired) electrons. The monoisotopic (exact) mass is 458 g/mol. The Morgan fingerprint density at radius 3 is 2.38 bits per heavy atom. The van der Waals surface area contributed by atoms with E-state index in [4.69, 9.17) is 9.47 Å². The molecule has 0 unspecified atom stereocenters. The van der Waals surface area contributed by atoms with Crippen LogP contribution in [0.3, 0.4) is 0 Å². The number of rotatable bonds is 11. The van der Waals surface area contributed by atoms with Crippen LogP contribution < -0.4 is 9.47 Å². The summed E-state index contributed by atoms with van der Waals surface area (Å²) in [6, 6.07) is 9.77. The fourth-order valence-electron chi connectivity index (χ4n) is 3.30. The van der Waals surface area contributed by atoms with Crippen molar-refractivity contribution in [2.45, 2.75) is 33.7 Å². The molecule has 0 aliphatic carbocycles. The standard InChI is InChI=1S/C25H34N2O4S/c1-7-13-27(24(29)25(2,3)4)18-23(28)26(17-20-9-8-15-32-20)14-12-19-10-11-21(30-5)22(16-19)31-6/h7-11,15-16H,1,12-14,17-18H2,2-6H3. The molecule has 1 heterocycles. The van der Waals surface area contributed by atoms with Gasteiger partial charge in [0, 0.05) is 23.4 Å². The van der Waals surface area contributed by atoms with Gasteiger partial charge in [-0.05, 0) is 35.6 Å². The Hall–Kier alpha value is -2.80. The number of ether oxygens (including phenoxy) is 2. The van der Waals surface area contributed by atoms with E-state index in [1.165, 1.54) is 0 Å². The third-order valence-corrected chi connectivity index (χ3v) is 5.86. The summed E-state index contributed by atoms with van der Waals surface area (Å²) in [7, 11) is 3.21. The maximum absolute atomic E-state index is 13.3. The van der Waals surface area contributed by atoms with Crippen LogP contribution in [0.1, 0.15) is 31.2 Å². The van der Waals surface area contributed by atoms with Crippen LogP contribution in [0.5, 0.6) is 11.5 Å². The Kier molecular flexibility index (Phi) is 9.32. The zero-order valence-electron chi connectivity index (χ0n) is 19.7. The Balaban J connectivity index is 2.17. The maximum Gasteiger partial charge on any atom is 0.242 e. The second kappa shape index (κ2) is 11.7. The molecule has 0 spiro atoms. The largest absolute Gasteiger partial charge is 0.493 e. The highest BCUT2D eigenvalue weighted by atomic mass is 32.1. The van der Waals surface area contributed by atoms with Gasteiger partial charge in [-0.1, -0.05) is 39.0 Å². The topological polar surface area (TPSA) is 59.1 Å². The lowest BCUT2D eigenvalue weighted by Gasteiger charge is -2.31. The number of benzene rings is 1. The summed E-state index contributed by atoms with van der Waals surface area (Å²) in [6.07, 6.45) is 2.32. The second-order valence-electron chi connectivity index (χ2n) is 8.56. The van der Waals surface area contributed by atoms with Gasteiger partial charge >= 0.3 is 0 Å². The highest BCUT2D eigenvalue weighted by Gasteiger charge is 2.29. The second-order valence-corrected chi connectivity index (χ2v) is 9.59. The van der Waals surface area contributed by atoms with Gasteiger partial charge in [-0.15, -0.1) is 17.9 Å². The molecule has 0 aliphatic heterocycles. The van der Waals surface area contributed by atoms with Crippen LogP contribution in [0.2, 0.25) is 0 Å². The zero-order chi connectivity index (χ0) is 23.7. The first-order chi connectivity index (χ1) is 15.2. The smallest absolute Gasteiger partial charge is 0.242 e. The molecular weight excluding hydrogens is 424 g/mol. The molecule has 32 heavy (non-hydrogen) atoms. The third-order valence-electron chi connectivity index (χ3n) is 5.00. The minimum atomic E-state index is -0.568. The van der Waals surface area contributed by atoms with Crippen LogP contribution in [0.25, 0.3) is 0 Å². The molecule has 0 saturated carbocycles. The summed E-state index contributed by atoms with van der Waals surface area (Å²) in [5.41, 5.74) is 0.474. The molecule has 6 nitrogen and oxygen atoms in total. The highest BCUT2D eigenvalue weighted by molar-refractivity contribution is 7.09. The van der Waals surface area contributed by atoms with Crippen molar-refractivity contribution in [2.24, 2.45) is 5.41 Å². The summed E-state index contributed by atoms with van der Waals surface area (Å²) < 4.78 is 10.7. The van der Waals surface area contributed by atoms with E-state index >= 15 is 0 Å². The molecule has 0 aliphatic rings. The number of carbonyl (C=O) groups excluding carboxylic acids is 2. The molecule has 0 bridgehead atoms. The van der Waals surface area contributed by atoms with Gasteiger partial charge in [0.05, 0.1) is 20.8 Å². The van der Waals surface area contributed by atoms with Gasteiger partial charge in [0.2, 0.25) is 11.8 Å². The fraction of sp³-hybridized carbons (Fsp3) is 0.440. The van der Waals surface area contributed by atoms with Gasteiger partial charge in [-0.3, -0.25) is 9.59 Å². The molecule has 0 saturated heterocycles. The van der Waals surface area contributed by atoms with Crippen molar-refractivity contribution in [3.8, 4) is 11.5 Å². The summed E-state index contributed by atoms with van der Waals surface area (Å²) in [5, 5.41) is 2.00. The minimum Gasteiger partial charge on any atom is -0.493 e. The van der Waals surface area contributed by atoms with Crippen molar-refractivity contribution >= 4 is 23.2 Å². The van der Waals surface area contributed by atoms with E-state index in [9.17, 15) is 9.59 Å². The predicted octanol–water partition coefficient (Wildman–Crippen LogP) is 4.40. The first-order valence-corrected chi connectivity index (χ1v) is 11.5. The molecule has 1 aromatic carbocycles.